The maximum atomic E-state index is 6.07. The number of pyridine rings is 1. The first-order valence-electron chi connectivity index (χ1n) is 9.50. The van der Waals surface area contributed by atoms with E-state index in [9.17, 15) is 0 Å². The van der Waals surface area contributed by atoms with Crippen LogP contribution in [0.25, 0.3) is 11.3 Å². The third kappa shape index (κ3) is 5.37. The highest BCUT2D eigenvalue weighted by Crippen LogP contribution is 2.22. The molecule has 0 aliphatic rings. The number of hydrogen-bond donors (Lipinski definition) is 1. The number of hydrogen-bond acceptors (Lipinski definition) is 6. The number of ether oxygens (including phenoxy) is 2. The predicted octanol–water partition coefficient (Wildman–Crippen LogP) is 3.43. The molecule has 0 spiro atoms. The van der Waals surface area contributed by atoms with E-state index < -0.39 is 0 Å². The minimum absolute atomic E-state index is 0.425. The van der Waals surface area contributed by atoms with Gasteiger partial charge in [0.05, 0.1) is 31.6 Å². The lowest BCUT2D eigenvalue weighted by molar-refractivity contribution is 0.118. The molecule has 2 aromatic heterocycles. The summed E-state index contributed by atoms with van der Waals surface area (Å²) in [6.45, 7) is 4.69. The van der Waals surface area contributed by atoms with Crippen LogP contribution in [-0.2, 0) is 29.2 Å². The van der Waals surface area contributed by atoms with Gasteiger partial charge in [0.15, 0.2) is 0 Å². The zero-order valence-electron chi connectivity index (χ0n) is 16.5. The number of benzene rings is 1. The maximum Gasteiger partial charge on any atom is 0.133 e. The zero-order chi connectivity index (χ0) is 19.8. The van der Waals surface area contributed by atoms with Gasteiger partial charge >= 0.3 is 0 Å². The molecule has 0 amide bonds. The van der Waals surface area contributed by atoms with Crippen LogP contribution >= 0.6 is 0 Å². The lowest BCUT2D eigenvalue weighted by atomic mass is 10.1. The number of rotatable bonds is 10. The average molecular weight is 381 g/mol. The number of aromatic nitrogens is 4. The number of methoxy groups -OCH3 is 1. The molecule has 0 radical (unpaired) electrons. The molecular weight excluding hydrogens is 354 g/mol. The fraction of sp³-hybridized carbons (Fsp3) is 0.381. The van der Waals surface area contributed by atoms with Crippen molar-refractivity contribution in [3.05, 3.63) is 59.4 Å². The molecule has 2 N–H and O–H groups in total. The van der Waals surface area contributed by atoms with E-state index in [-0.39, 0.29) is 0 Å². The molecule has 7 heteroatoms. The number of unbranched alkanes of at least 4 members (excludes halogenated alkanes) is 1. The molecule has 148 valence electrons. The van der Waals surface area contributed by atoms with E-state index in [4.69, 9.17) is 15.2 Å². The highest BCUT2D eigenvalue weighted by atomic mass is 16.5. The van der Waals surface area contributed by atoms with E-state index in [1.165, 1.54) is 5.56 Å². The van der Waals surface area contributed by atoms with Gasteiger partial charge in [0, 0.05) is 19.3 Å². The predicted molar refractivity (Wildman–Crippen MR) is 108 cm³/mol. The van der Waals surface area contributed by atoms with Crippen molar-refractivity contribution in [2.75, 3.05) is 19.5 Å². The second-order valence-electron chi connectivity index (χ2n) is 6.69. The summed E-state index contributed by atoms with van der Waals surface area (Å²) >= 11 is 0. The topological polar surface area (TPSA) is 88.1 Å². The molecule has 1 aromatic carbocycles. The minimum Gasteiger partial charge on any atom is -0.383 e. The standard InChI is InChI=1S/C21H27N5O2/c1-3-4-11-28-14-17-7-5-16(6-8-17)12-26-13-20(24-25-26)19-10-9-18(15-27-2)23-21(19)22/h5-10,13H,3-4,11-12,14-15H2,1-2H3,(H2,22,23). The van der Waals surface area contributed by atoms with Crippen molar-refractivity contribution < 1.29 is 9.47 Å². The van der Waals surface area contributed by atoms with Crippen LogP contribution in [0, 0.1) is 0 Å². The molecule has 0 unspecified atom stereocenters. The third-order valence-electron chi connectivity index (χ3n) is 4.37. The van der Waals surface area contributed by atoms with Gasteiger partial charge in [-0.2, -0.15) is 0 Å². The van der Waals surface area contributed by atoms with Crippen LogP contribution in [0.5, 0.6) is 0 Å². The fourth-order valence-electron chi connectivity index (χ4n) is 2.83. The Morgan fingerprint density at radius 3 is 2.54 bits per heavy atom. The quantitative estimate of drug-likeness (QED) is 0.541. The molecule has 3 rings (SSSR count). The fourth-order valence-corrected chi connectivity index (χ4v) is 2.83. The maximum absolute atomic E-state index is 6.07. The van der Waals surface area contributed by atoms with Crippen molar-refractivity contribution in [3.63, 3.8) is 0 Å². The summed E-state index contributed by atoms with van der Waals surface area (Å²) in [5.74, 6) is 0.425. The molecule has 7 nitrogen and oxygen atoms in total. The van der Waals surface area contributed by atoms with Crippen molar-refractivity contribution in [1.29, 1.82) is 0 Å². The molecule has 0 aliphatic carbocycles. The van der Waals surface area contributed by atoms with Gasteiger partial charge in [-0.25, -0.2) is 9.67 Å². The Bertz CT molecular complexity index is 877. The number of nitrogens with two attached hydrogens (primary N) is 1. The van der Waals surface area contributed by atoms with E-state index in [2.05, 4.69) is 46.5 Å². The van der Waals surface area contributed by atoms with Crippen LogP contribution in [-0.4, -0.2) is 33.7 Å². The van der Waals surface area contributed by atoms with E-state index in [1.807, 2.05) is 18.3 Å². The van der Waals surface area contributed by atoms with E-state index >= 15 is 0 Å². The molecule has 0 aliphatic heterocycles. The van der Waals surface area contributed by atoms with E-state index in [0.717, 1.165) is 36.3 Å². The van der Waals surface area contributed by atoms with Crippen LogP contribution in [0.4, 0.5) is 5.82 Å². The first kappa shape index (κ1) is 20.0. The number of anilines is 1. The lowest BCUT2D eigenvalue weighted by Crippen LogP contribution is -2.01. The third-order valence-corrected chi connectivity index (χ3v) is 4.37. The van der Waals surface area contributed by atoms with Gasteiger partial charge in [0.2, 0.25) is 0 Å². The van der Waals surface area contributed by atoms with Crippen LogP contribution in [0.2, 0.25) is 0 Å². The first-order chi connectivity index (χ1) is 13.7. The second kappa shape index (κ2) is 9.96. The molecule has 0 bridgehead atoms. The number of nitrogen functional groups attached to an aromatic ring is 1. The van der Waals surface area contributed by atoms with Crippen molar-refractivity contribution in [1.82, 2.24) is 20.0 Å². The molecule has 3 aromatic rings. The lowest BCUT2D eigenvalue weighted by Gasteiger charge is -2.06. The molecule has 0 saturated carbocycles. The SMILES string of the molecule is CCCCOCc1ccc(Cn2cc(-c3ccc(COC)nc3N)nn2)cc1. The summed E-state index contributed by atoms with van der Waals surface area (Å²) in [7, 11) is 1.63. The molecule has 28 heavy (non-hydrogen) atoms. The Morgan fingerprint density at radius 1 is 1.04 bits per heavy atom. The highest BCUT2D eigenvalue weighted by Gasteiger charge is 2.10. The summed E-state index contributed by atoms with van der Waals surface area (Å²) in [6.07, 6.45) is 4.13. The number of nitrogens with zero attached hydrogens (tertiary/aromatic N) is 4. The van der Waals surface area contributed by atoms with Gasteiger partial charge in [-0.1, -0.05) is 42.8 Å². The summed E-state index contributed by atoms with van der Waals surface area (Å²) in [5, 5.41) is 8.45. The normalized spacial score (nSPS) is 11.1. The Hall–Kier alpha value is -2.77. The van der Waals surface area contributed by atoms with Crippen molar-refractivity contribution in [2.45, 2.75) is 39.5 Å². The summed E-state index contributed by atoms with van der Waals surface area (Å²) < 4.78 is 12.5. The van der Waals surface area contributed by atoms with Crippen molar-refractivity contribution >= 4 is 5.82 Å². The molecule has 0 saturated heterocycles. The van der Waals surface area contributed by atoms with Gasteiger partial charge in [0.1, 0.15) is 11.5 Å². The Morgan fingerprint density at radius 2 is 1.82 bits per heavy atom. The van der Waals surface area contributed by atoms with E-state index in [0.29, 0.717) is 31.3 Å². The summed E-state index contributed by atoms with van der Waals surface area (Å²) in [6, 6.07) is 12.2. The summed E-state index contributed by atoms with van der Waals surface area (Å²) in [4.78, 5) is 4.34. The minimum atomic E-state index is 0.425. The molecule has 2 heterocycles. The Labute approximate surface area is 165 Å². The average Bonchev–Trinajstić information content (AvgIpc) is 3.15. The second-order valence-corrected chi connectivity index (χ2v) is 6.69. The van der Waals surface area contributed by atoms with Gasteiger partial charge in [-0.3, -0.25) is 0 Å². The molecule has 0 fully saturated rings. The molecular formula is C21H27N5O2. The Kier molecular flexibility index (Phi) is 7.11. The first-order valence-corrected chi connectivity index (χ1v) is 9.50. The van der Waals surface area contributed by atoms with Gasteiger partial charge in [-0.15, -0.1) is 5.10 Å². The van der Waals surface area contributed by atoms with Crippen LogP contribution < -0.4 is 5.73 Å². The van der Waals surface area contributed by atoms with Gasteiger partial charge < -0.3 is 15.2 Å². The smallest absolute Gasteiger partial charge is 0.133 e. The van der Waals surface area contributed by atoms with Crippen LogP contribution in [0.3, 0.4) is 0 Å². The zero-order valence-corrected chi connectivity index (χ0v) is 16.5. The van der Waals surface area contributed by atoms with Crippen molar-refractivity contribution in [3.8, 4) is 11.3 Å². The largest absolute Gasteiger partial charge is 0.383 e. The Balaban J connectivity index is 1.61. The van der Waals surface area contributed by atoms with Gasteiger partial charge in [0.25, 0.3) is 0 Å². The summed E-state index contributed by atoms with van der Waals surface area (Å²) in [5.41, 5.74) is 10.6. The van der Waals surface area contributed by atoms with Crippen LogP contribution in [0.15, 0.2) is 42.6 Å². The van der Waals surface area contributed by atoms with E-state index in [1.54, 1.807) is 11.8 Å². The van der Waals surface area contributed by atoms with Crippen LogP contribution in [0.1, 0.15) is 36.6 Å². The highest BCUT2D eigenvalue weighted by molar-refractivity contribution is 5.70. The molecule has 0 atom stereocenters. The monoisotopic (exact) mass is 381 g/mol. The van der Waals surface area contributed by atoms with Crippen molar-refractivity contribution in [2.24, 2.45) is 0 Å². The van der Waals surface area contributed by atoms with Gasteiger partial charge in [-0.05, 0) is 29.7 Å².